The molecule has 0 heterocycles. The molecule has 1 aliphatic rings. The largest absolute Gasteiger partial charge is 0.310 e. The van der Waals surface area contributed by atoms with E-state index in [9.17, 15) is 0 Å². The lowest BCUT2D eigenvalue weighted by molar-refractivity contribution is 0.660. The van der Waals surface area contributed by atoms with Crippen LogP contribution in [0.15, 0.2) is 174 Å². The highest BCUT2D eigenvalue weighted by Crippen LogP contribution is 2.51. The van der Waals surface area contributed by atoms with Crippen molar-refractivity contribution in [1.29, 1.82) is 0 Å². The van der Waals surface area contributed by atoms with Crippen molar-refractivity contribution in [3.63, 3.8) is 0 Å². The monoisotopic (exact) mass is 691 g/mol. The molecule has 0 amide bonds. The molecule has 0 aromatic heterocycles. The van der Waals surface area contributed by atoms with E-state index in [1.54, 1.807) is 0 Å². The summed E-state index contributed by atoms with van der Waals surface area (Å²) in [6.45, 7) is 4.70. The zero-order valence-corrected chi connectivity index (χ0v) is 29.1. The summed E-state index contributed by atoms with van der Waals surface area (Å²) in [7, 11) is 0. The van der Waals surface area contributed by atoms with Crippen LogP contribution in [0.25, 0.3) is 54.9 Å². The molecule has 0 spiro atoms. The second-order valence-corrected chi connectivity index (χ2v) is 14.4. The molecule has 0 radical (unpaired) electrons. The highest BCUT2D eigenvalue weighted by atomic mass is 79.9. The first-order valence-corrected chi connectivity index (χ1v) is 17.7. The van der Waals surface area contributed by atoms with Crippen LogP contribution in [0.2, 0.25) is 0 Å². The summed E-state index contributed by atoms with van der Waals surface area (Å²) in [5.74, 6) is 0. The third kappa shape index (κ3) is 4.82. The second-order valence-electron chi connectivity index (χ2n) is 13.5. The molecule has 0 aliphatic heterocycles. The number of rotatable bonds is 5. The Kier molecular flexibility index (Phi) is 7.03. The molecule has 2 heteroatoms. The van der Waals surface area contributed by atoms with E-state index in [4.69, 9.17) is 0 Å². The zero-order valence-electron chi connectivity index (χ0n) is 27.5. The number of hydrogen-bond donors (Lipinski definition) is 0. The first-order chi connectivity index (χ1) is 24.0. The number of anilines is 3. The summed E-state index contributed by atoms with van der Waals surface area (Å²) in [5, 5.41) is 4.94. The van der Waals surface area contributed by atoms with Gasteiger partial charge in [-0.2, -0.15) is 0 Å². The minimum Gasteiger partial charge on any atom is -0.310 e. The maximum absolute atomic E-state index is 3.80. The van der Waals surface area contributed by atoms with Crippen molar-refractivity contribution in [3.8, 4) is 33.4 Å². The Hall–Kier alpha value is -5.44. The Morgan fingerprint density at radius 3 is 1.59 bits per heavy atom. The van der Waals surface area contributed by atoms with Gasteiger partial charge in [-0.25, -0.2) is 0 Å². The number of para-hydroxylation sites is 1. The van der Waals surface area contributed by atoms with Crippen LogP contribution < -0.4 is 4.90 Å². The minimum absolute atomic E-state index is 0.0913. The first kappa shape index (κ1) is 29.7. The number of benzene rings is 8. The van der Waals surface area contributed by atoms with Gasteiger partial charge in [0.25, 0.3) is 0 Å². The summed E-state index contributed by atoms with van der Waals surface area (Å²) >= 11 is 3.80. The molecule has 0 saturated heterocycles. The van der Waals surface area contributed by atoms with Gasteiger partial charge in [0.15, 0.2) is 0 Å². The van der Waals surface area contributed by atoms with Crippen molar-refractivity contribution in [3.05, 3.63) is 185 Å². The van der Waals surface area contributed by atoms with E-state index >= 15 is 0 Å². The third-order valence-corrected chi connectivity index (χ3v) is 10.8. The molecule has 0 atom stereocenters. The molecule has 49 heavy (non-hydrogen) atoms. The summed E-state index contributed by atoms with van der Waals surface area (Å²) in [4.78, 5) is 2.42. The van der Waals surface area contributed by atoms with Gasteiger partial charge in [-0.05, 0) is 115 Å². The van der Waals surface area contributed by atoms with Gasteiger partial charge in [-0.1, -0.05) is 151 Å². The molecule has 234 valence electrons. The SMILES string of the molecule is CC1(C)c2ccccc2-c2ccc(N(c3ccccc3)c3ccc4c(-c5ccccc5)c5cc(Br)ccc5c(-c5ccccc5)c4c3)cc21. The molecule has 0 saturated carbocycles. The molecule has 1 nitrogen and oxygen atoms in total. The summed E-state index contributed by atoms with van der Waals surface area (Å²) in [6.07, 6.45) is 0. The van der Waals surface area contributed by atoms with Gasteiger partial charge >= 0.3 is 0 Å². The average Bonchev–Trinajstić information content (AvgIpc) is 3.37. The number of fused-ring (bicyclic) bond motifs is 5. The molecule has 1 aliphatic carbocycles. The van der Waals surface area contributed by atoms with Gasteiger partial charge in [-0.15, -0.1) is 0 Å². The predicted molar refractivity (Wildman–Crippen MR) is 212 cm³/mol. The maximum Gasteiger partial charge on any atom is 0.0468 e. The normalized spacial score (nSPS) is 13.0. The fraction of sp³-hybridized carbons (Fsp3) is 0.0638. The van der Waals surface area contributed by atoms with E-state index in [-0.39, 0.29) is 5.41 Å². The van der Waals surface area contributed by atoms with Crippen LogP contribution in [0.1, 0.15) is 25.0 Å². The third-order valence-electron chi connectivity index (χ3n) is 10.3. The highest BCUT2D eigenvalue weighted by molar-refractivity contribution is 9.10. The summed E-state index contributed by atoms with van der Waals surface area (Å²) in [6, 6.07) is 62.1. The molecule has 8 aromatic rings. The Labute approximate surface area is 296 Å². The molecular formula is C47H34BrN. The van der Waals surface area contributed by atoms with E-state index in [2.05, 4.69) is 205 Å². The second kappa shape index (κ2) is 11.6. The highest BCUT2D eigenvalue weighted by Gasteiger charge is 2.35. The van der Waals surface area contributed by atoms with Crippen molar-refractivity contribution in [2.24, 2.45) is 0 Å². The Bertz CT molecular complexity index is 2520. The van der Waals surface area contributed by atoms with Crippen LogP contribution in [0, 0.1) is 0 Å². The van der Waals surface area contributed by atoms with Crippen LogP contribution in [-0.2, 0) is 5.41 Å². The lowest BCUT2D eigenvalue weighted by Crippen LogP contribution is -2.16. The predicted octanol–water partition coefficient (Wildman–Crippen LogP) is 13.9. The van der Waals surface area contributed by atoms with Gasteiger partial charge in [0.2, 0.25) is 0 Å². The van der Waals surface area contributed by atoms with Crippen LogP contribution >= 0.6 is 15.9 Å². The first-order valence-electron chi connectivity index (χ1n) is 16.9. The molecule has 0 fully saturated rings. The van der Waals surface area contributed by atoms with Gasteiger partial charge in [0, 0.05) is 26.9 Å². The van der Waals surface area contributed by atoms with Crippen LogP contribution in [0.3, 0.4) is 0 Å². The lowest BCUT2D eigenvalue weighted by atomic mass is 9.82. The Morgan fingerprint density at radius 2 is 0.918 bits per heavy atom. The quantitative estimate of drug-likeness (QED) is 0.162. The number of nitrogens with zero attached hydrogens (tertiary/aromatic N) is 1. The number of hydrogen-bond acceptors (Lipinski definition) is 1. The van der Waals surface area contributed by atoms with E-state index in [1.165, 1.54) is 66.1 Å². The standard InChI is InChI=1S/C47H34BrN/c1-47(2)43-21-13-12-20-37(43)38-26-23-36(30-44(38)47)49(34-18-10-5-11-19-34)35-24-27-40-42(29-35)46(32-16-8-4-9-17-32)39-25-22-33(48)28-41(39)45(40)31-14-6-3-7-15-31/h3-30H,1-2H3. The lowest BCUT2D eigenvalue weighted by Gasteiger charge is -2.29. The van der Waals surface area contributed by atoms with Crippen LogP contribution in [-0.4, -0.2) is 0 Å². The summed E-state index contributed by atoms with van der Waals surface area (Å²) in [5.41, 5.74) is 13.6. The van der Waals surface area contributed by atoms with E-state index in [0.717, 1.165) is 21.5 Å². The zero-order chi connectivity index (χ0) is 33.1. The van der Waals surface area contributed by atoms with Gasteiger partial charge in [0.05, 0.1) is 0 Å². The van der Waals surface area contributed by atoms with Crippen molar-refractivity contribution >= 4 is 54.5 Å². The Morgan fingerprint density at radius 1 is 0.408 bits per heavy atom. The molecule has 9 rings (SSSR count). The van der Waals surface area contributed by atoms with Crippen LogP contribution in [0.4, 0.5) is 17.1 Å². The maximum atomic E-state index is 3.80. The fourth-order valence-corrected chi connectivity index (χ4v) is 8.38. The van der Waals surface area contributed by atoms with Gasteiger partial charge in [-0.3, -0.25) is 0 Å². The van der Waals surface area contributed by atoms with Crippen molar-refractivity contribution in [2.45, 2.75) is 19.3 Å². The van der Waals surface area contributed by atoms with Gasteiger partial charge < -0.3 is 4.90 Å². The van der Waals surface area contributed by atoms with Crippen LogP contribution in [0.5, 0.6) is 0 Å². The van der Waals surface area contributed by atoms with Gasteiger partial charge in [0.1, 0.15) is 0 Å². The van der Waals surface area contributed by atoms with Crippen molar-refractivity contribution in [1.82, 2.24) is 0 Å². The molecular weight excluding hydrogens is 658 g/mol. The smallest absolute Gasteiger partial charge is 0.0468 e. The van der Waals surface area contributed by atoms with E-state index in [0.29, 0.717) is 0 Å². The Balaban J connectivity index is 1.34. The van der Waals surface area contributed by atoms with Crippen molar-refractivity contribution < 1.29 is 0 Å². The molecule has 0 unspecified atom stereocenters. The van der Waals surface area contributed by atoms with E-state index < -0.39 is 0 Å². The molecule has 0 N–H and O–H groups in total. The summed E-state index contributed by atoms with van der Waals surface area (Å²) < 4.78 is 1.07. The molecule has 0 bridgehead atoms. The minimum atomic E-state index is -0.0913. The number of halogens is 1. The average molecular weight is 693 g/mol. The fourth-order valence-electron chi connectivity index (χ4n) is 8.01. The topological polar surface area (TPSA) is 3.24 Å². The molecule has 8 aromatic carbocycles. The van der Waals surface area contributed by atoms with E-state index in [1.807, 2.05) is 0 Å². The van der Waals surface area contributed by atoms with Crippen molar-refractivity contribution in [2.75, 3.05) is 4.90 Å².